The van der Waals surface area contributed by atoms with Gasteiger partial charge in [0.2, 0.25) is 23.1 Å². The highest BCUT2D eigenvalue weighted by atomic mass is 19.2. The van der Waals surface area contributed by atoms with E-state index in [1.807, 2.05) is 0 Å². The summed E-state index contributed by atoms with van der Waals surface area (Å²) < 4.78 is 123. The van der Waals surface area contributed by atoms with E-state index in [1.165, 1.54) is 24.3 Å². The van der Waals surface area contributed by atoms with Gasteiger partial charge in [0.1, 0.15) is 24.2 Å². The molecule has 0 unspecified atom stereocenters. The molecule has 4 rings (SSSR count). The van der Waals surface area contributed by atoms with Crippen molar-refractivity contribution in [2.24, 2.45) is 7.05 Å². The summed E-state index contributed by atoms with van der Waals surface area (Å²) in [5.41, 5.74) is -1.79. The number of para-hydroxylation sites is 1. The number of nitrogens with zero attached hydrogens (tertiary/aromatic N) is 1. The van der Waals surface area contributed by atoms with Crippen molar-refractivity contribution in [2.75, 3.05) is 5.32 Å². The average molecular weight is 541 g/mol. The molecule has 0 aliphatic heterocycles. The van der Waals surface area contributed by atoms with Crippen molar-refractivity contribution in [3.8, 4) is 23.0 Å². The van der Waals surface area contributed by atoms with Crippen molar-refractivity contribution >= 4 is 11.6 Å². The highest BCUT2D eigenvalue weighted by Gasteiger charge is 2.32. The third kappa shape index (κ3) is 4.82. The second kappa shape index (κ2) is 10.4. The number of ether oxygens (including phenoxy) is 2. The van der Waals surface area contributed by atoms with Gasteiger partial charge in [-0.15, -0.1) is 13.3 Å². The number of hydrogen-bond donors (Lipinski definition) is 1. The molecule has 4 aromatic rings. The molecule has 1 heterocycles. The zero-order valence-electron chi connectivity index (χ0n) is 18.9. The third-order valence-electron chi connectivity index (χ3n) is 5.11. The van der Waals surface area contributed by atoms with Crippen LogP contribution in [0.2, 0.25) is 0 Å². The van der Waals surface area contributed by atoms with Crippen molar-refractivity contribution in [2.45, 2.75) is 0 Å². The molecule has 38 heavy (non-hydrogen) atoms. The van der Waals surface area contributed by atoms with Crippen LogP contribution >= 0.6 is 0 Å². The fourth-order valence-corrected chi connectivity index (χ4v) is 3.15. The molecule has 5 nitrogen and oxygen atoms in total. The molecule has 0 spiro atoms. The van der Waals surface area contributed by atoms with Crippen LogP contribution < -0.4 is 19.4 Å². The van der Waals surface area contributed by atoms with Crippen LogP contribution in [0.1, 0.15) is 10.4 Å². The number of halogens is 8. The van der Waals surface area contributed by atoms with Crippen LogP contribution in [0.5, 0.6) is 23.0 Å². The molecule has 1 N–H and O–H groups in total. The summed E-state index contributed by atoms with van der Waals surface area (Å²) >= 11 is 0. The summed E-state index contributed by atoms with van der Waals surface area (Å²) in [4.78, 5) is 12.4. The lowest BCUT2D eigenvalue weighted by molar-refractivity contribution is -0.730. The van der Waals surface area contributed by atoms with Crippen molar-refractivity contribution in [3.05, 3.63) is 107 Å². The molecule has 0 aliphatic rings. The largest absolute Gasteiger partial charge is 0.451 e. The van der Waals surface area contributed by atoms with Crippen LogP contribution in [0, 0.1) is 46.8 Å². The normalized spacial score (nSPS) is 10.9. The quantitative estimate of drug-likeness (QED) is 0.132. The van der Waals surface area contributed by atoms with Gasteiger partial charge in [0.15, 0.2) is 11.6 Å². The minimum Gasteiger partial charge on any atom is -0.451 e. The van der Waals surface area contributed by atoms with Gasteiger partial charge in [0.05, 0.1) is 0 Å². The SMILES string of the molecule is C[n+]1c(F)c(F)c(Oc2ccc(C(=O)Nc3c(F)c(F)c(Oc4ccccc4)c(F)c3F)cc2)c(F)c1F. The molecule has 0 aliphatic carbocycles. The third-order valence-corrected chi connectivity index (χ3v) is 5.11. The van der Waals surface area contributed by atoms with Crippen LogP contribution in [0.4, 0.5) is 40.8 Å². The van der Waals surface area contributed by atoms with Crippen LogP contribution in [0.25, 0.3) is 0 Å². The molecular weight excluding hydrogens is 528 g/mol. The first-order chi connectivity index (χ1) is 18.0. The van der Waals surface area contributed by atoms with E-state index in [-0.39, 0.29) is 21.6 Å². The second-order valence-corrected chi connectivity index (χ2v) is 7.55. The number of pyridine rings is 1. The van der Waals surface area contributed by atoms with Gasteiger partial charge in [-0.05, 0) is 36.4 Å². The van der Waals surface area contributed by atoms with Gasteiger partial charge in [0, 0.05) is 5.56 Å². The predicted molar refractivity (Wildman–Crippen MR) is 115 cm³/mol. The summed E-state index contributed by atoms with van der Waals surface area (Å²) in [5, 5.41) is 1.69. The van der Waals surface area contributed by atoms with Crippen LogP contribution in [0.3, 0.4) is 0 Å². The Morgan fingerprint density at radius 1 is 0.632 bits per heavy atom. The maximum atomic E-state index is 14.5. The Hall–Kier alpha value is -4.68. The van der Waals surface area contributed by atoms with Crippen molar-refractivity contribution in [1.29, 1.82) is 0 Å². The van der Waals surface area contributed by atoms with E-state index in [4.69, 9.17) is 9.47 Å². The Kier molecular flexibility index (Phi) is 7.19. The molecule has 0 saturated heterocycles. The van der Waals surface area contributed by atoms with Gasteiger partial charge in [-0.2, -0.15) is 17.6 Å². The Morgan fingerprint density at radius 2 is 1.08 bits per heavy atom. The van der Waals surface area contributed by atoms with Gasteiger partial charge in [0.25, 0.3) is 17.5 Å². The number of hydrogen-bond acceptors (Lipinski definition) is 3. The highest BCUT2D eigenvalue weighted by Crippen LogP contribution is 2.36. The van der Waals surface area contributed by atoms with E-state index in [0.717, 1.165) is 31.3 Å². The van der Waals surface area contributed by atoms with Gasteiger partial charge >= 0.3 is 11.9 Å². The Balaban J connectivity index is 1.56. The van der Waals surface area contributed by atoms with E-state index in [0.29, 0.717) is 0 Å². The van der Waals surface area contributed by atoms with Crippen molar-refractivity contribution < 1.29 is 54.0 Å². The summed E-state index contributed by atoms with van der Waals surface area (Å²) in [6.45, 7) is 0. The first-order valence-electron chi connectivity index (χ1n) is 10.4. The Labute approximate surface area is 208 Å². The van der Waals surface area contributed by atoms with Gasteiger partial charge in [-0.3, -0.25) is 4.79 Å². The number of nitrogens with one attached hydrogen (secondary N) is 1. The monoisotopic (exact) mass is 541 g/mol. The fraction of sp³-hybridized carbons (Fsp3) is 0.0400. The number of aromatic nitrogens is 1. The molecule has 0 saturated carbocycles. The average Bonchev–Trinajstić information content (AvgIpc) is 2.93. The lowest BCUT2D eigenvalue weighted by atomic mass is 10.2. The minimum absolute atomic E-state index is 0.0186. The molecule has 13 heteroatoms. The van der Waals surface area contributed by atoms with E-state index < -0.39 is 69.9 Å². The number of benzene rings is 3. The lowest BCUT2D eigenvalue weighted by Gasteiger charge is -2.14. The first-order valence-corrected chi connectivity index (χ1v) is 10.4. The number of carbonyl (C=O) groups excluding carboxylic acids is 1. The highest BCUT2D eigenvalue weighted by molar-refractivity contribution is 6.04. The van der Waals surface area contributed by atoms with Gasteiger partial charge in [-0.1, -0.05) is 18.2 Å². The number of carbonyl (C=O) groups is 1. The van der Waals surface area contributed by atoms with Crippen LogP contribution in [0.15, 0.2) is 54.6 Å². The molecule has 3 aromatic carbocycles. The van der Waals surface area contributed by atoms with E-state index >= 15 is 0 Å². The van der Waals surface area contributed by atoms with Gasteiger partial charge < -0.3 is 14.8 Å². The zero-order chi connectivity index (χ0) is 27.7. The second-order valence-electron chi connectivity index (χ2n) is 7.55. The molecule has 0 radical (unpaired) electrons. The standard InChI is InChI=1S/C25H12F8N2O3/c1-35-23(32)18(30)22(19(31)24(35)33)38-13-9-7-11(8-10-13)25(36)34-20-14(26)16(28)21(17(29)15(20)27)37-12-5-3-2-4-6-12/h2-10H,1H3/p+1. The molecular formula is C25H13F8N2O3+. The minimum atomic E-state index is -1.95. The predicted octanol–water partition coefficient (Wildman–Crippen LogP) is 6.46. The number of anilines is 1. The summed E-state index contributed by atoms with van der Waals surface area (Å²) in [6.07, 6.45) is 0. The topological polar surface area (TPSA) is 51.4 Å². The molecule has 1 aromatic heterocycles. The smallest absolute Gasteiger partial charge is 0.402 e. The Bertz CT molecular complexity index is 1490. The Morgan fingerprint density at radius 3 is 1.58 bits per heavy atom. The number of amides is 1. The summed E-state index contributed by atoms with van der Waals surface area (Å²) in [5.74, 6) is -19.4. The van der Waals surface area contributed by atoms with Gasteiger partial charge in [-0.25, -0.2) is 8.78 Å². The molecule has 0 fully saturated rings. The maximum Gasteiger partial charge on any atom is 0.402 e. The number of rotatable bonds is 6. The molecule has 0 atom stereocenters. The van der Waals surface area contributed by atoms with E-state index in [9.17, 15) is 39.9 Å². The van der Waals surface area contributed by atoms with E-state index in [2.05, 4.69) is 0 Å². The summed E-state index contributed by atoms with van der Waals surface area (Å²) in [6, 6.07) is 10.8. The zero-order valence-corrected chi connectivity index (χ0v) is 18.9. The lowest BCUT2D eigenvalue weighted by Crippen LogP contribution is -2.40. The maximum absolute atomic E-state index is 14.5. The van der Waals surface area contributed by atoms with Crippen molar-refractivity contribution in [1.82, 2.24) is 0 Å². The van der Waals surface area contributed by atoms with Crippen molar-refractivity contribution in [3.63, 3.8) is 0 Å². The van der Waals surface area contributed by atoms with E-state index in [1.54, 1.807) is 11.4 Å². The fourth-order valence-electron chi connectivity index (χ4n) is 3.15. The molecule has 1 amide bonds. The first kappa shape index (κ1) is 26.4. The van der Waals surface area contributed by atoms with Crippen LogP contribution in [-0.4, -0.2) is 5.91 Å². The molecule has 0 bridgehead atoms. The summed E-state index contributed by atoms with van der Waals surface area (Å²) in [7, 11) is 0.737. The van der Waals surface area contributed by atoms with Crippen LogP contribution in [-0.2, 0) is 7.05 Å². The molecule has 196 valence electrons.